The molecule has 0 atom stereocenters. The molecule has 1 aliphatic rings. The van der Waals surface area contributed by atoms with E-state index in [0.29, 0.717) is 19.2 Å². The zero-order valence-electron chi connectivity index (χ0n) is 12.7. The molecule has 0 amide bonds. The van der Waals surface area contributed by atoms with Crippen molar-refractivity contribution >= 4 is 45.9 Å². The second kappa shape index (κ2) is 10.9. The summed E-state index contributed by atoms with van der Waals surface area (Å²) in [7, 11) is 0. The fraction of sp³-hybridized carbons (Fsp3) is 0.438. The summed E-state index contributed by atoms with van der Waals surface area (Å²) in [4.78, 5) is 4.54. The fourth-order valence-corrected chi connectivity index (χ4v) is 2.36. The molecule has 0 radical (unpaired) electrons. The van der Waals surface area contributed by atoms with Crippen LogP contribution in [0.3, 0.4) is 0 Å². The van der Waals surface area contributed by atoms with Crippen molar-refractivity contribution in [2.24, 2.45) is 4.99 Å². The summed E-state index contributed by atoms with van der Waals surface area (Å²) in [6, 6.07) is 8.30. The van der Waals surface area contributed by atoms with Gasteiger partial charge in [0.25, 0.3) is 0 Å². The first-order chi connectivity index (χ1) is 10.3. The Morgan fingerprint density at radius 2 is 1.95 bits per heavy atom. The standard InChI is InChI=1S/C16H22BrN3O.HI/c1-2-18-16(20-14-5-3-4-6-14)19-11-12-21-15-9-7-13(17)8-10-15;/h3-4,7-10,14H,2,5-6,11-12H2,1H3,(H2,18,19,20);1H. The van der Waals surface area contributed by atoms with Crippen molar-refractivity contribution in [3.63, 3.8) is 0 Å². The van der Waals surface area contributed by atoms with E-state index in [0.717, 1.165) is 35.6 Å². The number of nitrogens with one attached hydrogen (secondary N) is 2. The Bertz CT molecular complexity index is 483. The predicted molar refractivity (Wildman–Crippen MR) is 106 cm³/mol. The quantitative estimate of drug-likeness (QED) is 0.215. The first kappa shape index (κ1) is 19.3. The predicted octanol–water partition coefficient (Wildman–Crippen LogP) is 3.72. The molecule has 1 aromatic rings. The largest absolute Gasteiger partial charge is 0.492 e. The highest BCUT2D eigenvalue weighted by molar-refractivity contribution is 14.0. The minimum Gasteiger partial charge on any atom is -0.492 e. The van der Waals surface area contributed by atoms with Crippen LogP contribution in [0, 0.1) is 0 Å². The van der Waals surface area contributed by atoms with Gasteiger partial charge in [0.15, 0.2) is 5.96 Å². The summed E-state index contributed by atoms with van der Waals surface area (Å²) in [6.07, 6.45) is 6.55. The van der Waals surface area contributed by atoms with Gasteiger partial charge in [-0.15, -0.1) is 24.0 Å². The van der Waals surface area contributed by atoms with E-state index in [-0.39, 0.29) is 24.0 Å². The molecule has 22 heavy (non-hydrogen) atoms. The molecule has 0 saturated heterocycles. The Labute approximate surface area is 158 Å². The summed E-state index contributed by atoms with van der Waals surface area (Å²) < 4.78 is 6.72. The lowest BCUT2D eigenvalue weighted by Crippen LogP contribution is -2.42. The highest BCUT2D eigenvalue weighted by atomic mass is 127. The Morgan fingerprint density at radius 3 is 2.59 bits per heavy atom. The zero-order chi connectivity index (χ0) is 14.9. The molecule has 0 unspecified atom stereocenters. The highest BCUT2D eigenvalue weighted by Gasteiger charge is 2.11. The van der Waals surface area contributed by atoms with Crippen molar-refractivity contribution in [2.45, 2.75) is 25.8 Å². The molecular weight excluding hydrogens is 457 g/mol. The van der Waals surface area contributed by atoms with Gasteiger partial charge in [-0.2, -0.15) is 0 Å². The minimum absolute atomic E-state index is 0. The van der Waals surface area contributed by atoms with Crippen LogP contribution in [0.25, 0.3) is 0 Å². The number of halogens is 2. The smallest absolute Gasteiger partial charge is 0.191 e. The third-order valence-corrected chi connectivity index (χ3v) is 3.67. The monoisotopic (exact) mass is 479 g/mol. The number of benzene rings is 1. The number of hydrogen-bond acceptors (Lipinski definition) is 2. The van der Waals surface area contributed by atoms with Crippen LogP contribution in [0.5, 0.6) is 5.75 Å². The van der Waals surface area contributed by atoms with Gasteiger partial charge in [-0.05, 0) is 44.0 Å². The Balaban J connectivity index is 0.00000242. The molecule has 2 rings (SSSR count). The van der Waals surface area contributed by atoms with Crippen LogP contribution in [-0.2, 0) is 0 Å². The van der Waals surface area contributed by atoms with Crippen molar-refractivity contribution in [1.82, 2.24) is 10.6 Å². The normalized spacial score (nSPS) is 14.5. The average Bonchev–Trinajstić information content (AvgIpc) is 2.98. The van der Waals surface area contributed by atoms with Crippen LogP contribution < -0.4 is 15.4 Å². The van der Waals surface area contributed by atoms with Crippen molar-refractivity contribution in [2.75, 3.05) is 19.7 Å². The first-order valence-electron chi connectivity index (χ1n) is 7.36. The summed E-state index contributed by atoms with van der Waals surface area (Å²) in [5, 5.41) is 6.70. The van der Waals surface area contributed by atoms with Gasteiger partial charge in [-0.25, -0.2) is 4.99 Å². The summed E-state index contributed by atoms with van der Waals surface area (Å²) in [6.45, 7) is 4.13. The van der Waals surface area contributed by atoms with Crippen LogP contribution >= 0.6 is 39.9 Å². The molecule has 0 bridgehead atoms. The van der Waals surface area contributed by atoms with Gasteiger partial charge in [0.2, 0.25) is 0 Å². The van der Waals surface area contributed by atoms with Crippen molar-refractivity contribution in [3.8, 4) is 5.75 Å². The van der Waals surface area contributed by atoms with Crippen LogP contribution in [0.15, 0.2) is 45.9 Å². The fourth-order valence-electron chi connectivity index (χ4n) is 2.10. The number of ether oxygens (including phenoxy) is 1. The second-order valence-electron chi connectivity index (χ2n) is 4.85. The van der Waals surface area contributed by atoms with Gasteiger partial charge in [-0.1, -0.05) is 28.1 Å². The molecule has 4 nitrogen and oxygen atoms in total. The molecule has 0 aliphatic heterocycles. The summed E-state index contributed by atoms with van der Waals surface area (Å²) >= 11 is 3.41. The van der Waals surface area contributed by atoms with Crippen molar-refractivity contribution in [1.29, 1.82) is 0 Å². The minimum atomic E-state index is 0. The van der Waals surface area contributed by atoms with E-state index in [1.54, 1.807) is 0 Å². The van der Waals surface area contributed by atoms with Gasteiger partial charge in [0, 0.05) is 17.1 Å². The molecule has 2 N–H and O–H groups in total. The molecule has 122 valence electrons. The van der Waals surface area contributed by atoms with Crippen LogP contribution in [-0.4, -0.2) is 31.7 Å². The molecular formula is C16H23BrIN3O. The highest BCUT2D eigenvalue weighted by Crippen LogP contribution is 2.15. The molecule has 0 fully saturated rings. The van der Waals surface area contributed by atoms with Crippen LogP contribution in [0.1, 0.15) is 19.8 Å². The van der Waals surface area contributed by atoms with Gasteiger partial charge >= 0.3 is 0 Å². The molecule has 0 heterocycles. The summed E-state index contributed by atoms with van der Waals surface area (Å²) in [5.74, 6) is 1.73. The number of hydrogen-bond donors (Lipinski definition) is 2. The van der Waals surface area contributed by atoms with E-state index in [9.17, 15) is 0 Å². The first-order valence-corrected chi connectivity index (χ1v) is 8.15. The topological polar surface area (TPSA) is 45.7 Å². The van der Waals surface area contributed by atoms with E-state index in [1.165, 1.54) is 0 Å². The lowest BCUT2D eigenvalue weighted by molar-refractivity contribution is 0.328. The lowest BCUT2D eigenvalue weighted by atomic mass is 10.2. The molecule has 6 heteroatoms. The number of guanidine groups is 1. The zero-order valence-corrected chi connectivity index (χ0v) is 16.6. The van der Waals surface area contributed by atoms with Gasteiger partial charge < -0.3 is 15.4 Å². The van der Waals surface area contributed by atoms with E-state index in [4.69, 9.17) is 4.74 Å². The van der Waals surface area contributed by atoms with Gasteiger partial charge in [0.1, 0.15) is 12.4 Å². The number of rotatable bonds is 6. The molecule has 0 aromatic heterocycles. The second-order valence-corrected chi connectivity index (χ2v) is 5.76. The average molecular weight is 480 g/mol. The van der Waals surface area contributed by atoms with Crippen molar-refractivity contribution < 1.29 is 4.74 Å². The SMILES string of the molecule is CCNC(=NCCOc1ccc(Br)cc1)NC1CC=CC1.I. The van der Waals surface area contributed by atoms with E-state index < -0.39 is 0 Å². The maximum absolute atomic E-state index is 5.66. The molecule has 1 aliphatic carbocycles. The van der Waals surface area contributed by atoms with Crippen molar-refractivity contribution in [3.05, 3.63) is 40.9 Å². The Morgan fingerprint density at radius 1 is 1.27 bits per heavy atom. The number of nitrogens with zero attached hydrogens (tertiary/aromatic N) is 1. The third kappa shape index (κ3) is 7.00. The van der Waals surface area contributed by atoms with E-state index >= 15 is 0 Å². The maximum Gasteiger partial charge on any atom is 0.191 e. The van der Waals surface area contributed by atoms with Crippen LogP contribution in [0.2, 0.25) is 0 Å². The third-order valence-electron chi connectivity index (χ3n) is 3.14. The Hall–Kier alpha value is -0.760. The molecule has 0 saturated carbocycles. The summed E-state index contributed by atoms with van der Waals surface area (Å²) in [5.41, 5.74) is 0. The van der Waals surface area contributed by atoms with E-state index in [1.807, 2.05) is 24.3 Å². The number of aliphatic imine (C=N–C) groups is 1. The van der Waals surface area contributed by atoms with E-state index in [2.05, 4.69) is 50.6 Å². The molecule has 0 spiro atoms. The maximum atomic E-state index is 5.66. The van der Waals surface area contributed by atoms with Crippen LogP contribution in [0.4, 0.5) is 0 Å². The lowest BCUT2D eigenvalue weighted by Gasteiger charge is -2.16. The Kier molecular flexibility index (Phi) is 9.54. The van der Waals surface area contributed by atoms with Gasteiger partial charge in [-0.3, -0.25) is 0 Å². The van der Waals surface area contributed by atoms with Gasteiger partial charge in [0.05, 0.1) is 6.54 Å². The molecule has 1 aromatic carbocycles.